The van der Waals surface area contributed by atoms with Crippen LogP contribution in [0.1, 0.15) is 28.4 Å². The van der Waals surface area contributed by atoms with Crippen LogP contribution in [0.15, 0.2) is 42.5 Å². The highest BCUT2D eigenvalue weighted by Gasteiger charge is 2.18. The van der Waals surface area contributed by atoms with Crippen LogP contribution in [0.2, 0.25) is 0 Å². The average Bonchev–Trinajstić information content (AvgIpc) is 2.55. The second kappa shape index (κ2) is 7.79. The molecule has 0 aliphatic carbocycles. The number of nitrogens with one attached hydrogen (secondary N) is 1. The molecule has 2 aromatic carbocycles. The number of hydrogen-bond acceptors (Lipinski definition) is 3. The number of nitrogens with zero attached hydrogens (tertiary/aromatic N) is 1. The molecule has 2 aromatic rings. The standard InChI is InChI=1S/C19H22FN3O2/c1-12-7-8-16(10-17(12)18(21)24)22-13(2)19(25)23(3)11-14-5-4-6-15(20)9-14/h4-10,13,22H,11H2,1-3H3,(H2,21,24)/t13-/m1/s1. The van der Waals surface area contributed by atoms with Gasteiger partial charge in [-0.15, -0.1) is 0 Å². The van der Waals surface area contributed by atoms with Gasteiger partial charge in [0.1, 0.15) is 11.9 Å². The van der Waals surface area contributed by atoms with Crippen LogP contribution in [0.3, 0.4) is 0 Å². The monoisotopic (exact) mass is 343 g/mol. The van der Waals surface area contributed by atoms with E-state index in [9.17, 15) is 14.0 Å². The minimum Gasteiger partial charge on any atom is -0.374 e. The summed E-state index contributed by atoms with van der Waals surface area (Å²) in [5.74, 6) is -0.989. The van der Waals surface area contributed by atoms with Crippen LogP contribution in [0.4, 0.5) is 10.1 Å². The summed E-state index contributed by atoms with van der Waals surface area (Å²) in [6, 6.07) is 10.8. The molecule has 0 spiro atoms. The van der Waals surface area contributed by atoms with E-state index < -0.39 is 11.9 Å². The summed E-state index contributed by atoms with van der Waals surface area (Å²) in [5, 5.41) is 3.07. The lowest BCUT2D eigenvalue weighted by molar-refractivity contribution is -0.130. The molecule has 0 saturated carbocycles. The Balaban J connectivity index is 2.04. The zero-order valence-corrected chi connectivity index (χ0v) is 14.5. The average molecular weight is 343 g/mol. The first-order valence-electron chi connectivity index (χ1n) is 7.94. The van der Waals surface area contributed by atoms with Crippen LogP contribution in [0.25, 0.3) is 0 Å². The summed E-state index contributed by atoms with van der Waals surface area (Å²) in [6.45, 7) is 3.84. The Morgan fingerprint density at radius 2 is 1.96 bits per heavy atom. The number of halogens is 1. The molecule has 0 aliphatic heterocycles. The molecule has 3 N–H and O–H groups in total. The van der Waals surface area contributed by atoms with E-state index in [0.717, 1.165) is 11.1 Å². The molecule has 5 nitrogen and oxygen atoms in total. The molecular formula is C19H22FN3O2. The quantitative estimate of drug-likeness (QED) is 0.847. The summed E-state index contributed by atoms with van der Waals surface area (Å²) in [6.07, 6.45) is 0. The number of primary amides is 1. The summed E-state index contributed by atoms with van der Waals surface area (Å²) < 4.78 is 13.2. The van der Waals surface area contributed by atoms with Crippen molar-refractivity contribution in [1.29, 1.82) is 0 Å². The summed E-state index contributed by atoms with van der Waals surface area (Å²) in [4.78, 5) is 25.4. The van der Waals surface area contributed by atoms with Crippen molar-refractivity contribution >= 4 is 17.5 Å². The van der Waals surface area contributed by atoms with Gasteiger partial charge in [0, 0.05) is 24.8 Å². The van der Waals surface area contributed by atoms with E-state index in [1.54, 1.807) is 51.2 Å². The maximum atomic E-state index is 13.2. The van der Waals surface area contributed by atoms with Crippen molar-refractivity contribution in [2.24, 2.45) is 5.73 Å². The lowest BCUT2D eigenvalue weighted by atomic mass is 10.1. The van der Waals surface area contributed by atoms with E-state index in [1.807, 2.05) is 0 Å². The molecule has 6 heteroatoms. The van der Waals surface area contributed by atoms with Crippen LogP contribution in [0.5, 0.6) is 0 Å². The van der Waals surface area contributed by atoms with Crippen molar-refractivity contribution in [3.8, 4) is 0 Å². The van der Waals surface area contributed by atoms with Crippen molar-refractivity contribution in [2.75, 3.05) is 12.4 Å². The fourth-order valence-corrected chi connectivity index (χ4v) is 2.61. The third-order valence-corrected chi connectivity index (χ3v) is 3.94. The van der Waals surface area contributed by atoms with Gasteiger partial charge in [-0.2, -0.15) is 0 Å². The molecule has 0 fully saturated rings. The minimum atomic E-state index is -0.512. The minimum absolute atomic E-state index is 0.148. The number of aryl methyl sites for hydroxylation is 1. The molecule has 0 unspecified atom stereocenters. The van der Waals surface area contributed by atoms with Crippen molar-refractivity contribution in [2.45, 2.75) is 26.4 Å². The number of carbonyl (C=O) groups excluding carboxylic acids is 2. The zero-order chi connectivity index (χ0) is 18.6. The van der Waals surface area contributed by atoms with Gasteiger partial charge in [0.25, 0.3) is 0 Å². The predicted molar refractivity (Wildman–Crippen MR) is 95.7 cm³/mol. The predicted octanol–water partition coefficient (Wildman–Crippen LogP) is 2.69. The van der Waals surface area contributed by atoms with Crippen molar-refractivity contribution < 1.29 is 14.0 Å². The second-order valence-corrected chi connectivity index (χ2v) is 6.08. The summed E-state index contributed by atoms with van der Waals surface area (Å²) >= 11 is 0. The molecule has 0 aromatic heterocycles. The number of hydrogen-bond donors (Lipinski definition) is 2. The van der Waals surface area contributed by atoms with Gasteiger partial charge in [-0.3, -0.25) is 9.59 Å². The maximum absolute atomic E-state index is 13.2. The van der Waals surface area contributed by atoms with Gasteiger partial charge in [0.15, 0.2) is 0 Å². The van der Waals surface area contributed by atoms with Crippen LogP contribution < -0.4 is 11.1 Å². The van der Waals surface area contributed by atoms with E-state index in [2.05, 4.69) is 5.32 Å². The Kier molecular flexibility index (Phi) is 5.75. The number of amides is 2. The van der Waals surface area contributed by atoms with E-state index in [0.29, 0.717) is 17.8 Å². The summed E-state index contributed by atoms with van der Waals surface area (Å²) in [5.41, 5.74) is 7.90. The maximum Gasteiger partial charge on any atom is 0.249 e. The highest BCUT2D eigenvalue weighted by atomic mass is 19.1. The lowest BCUT2D eigenvalue weighted by Gasteiger charge is -2.23. The van der Waals surface area contributed by atoms with Crippen LogP contribution >= 0.6 is 0 Å². The Morgan fingerprint density at radius 3 is 2.60 bits per heavy atom. The molecular weight excluding hydrogens is 321 g/mol. The second-order valence-electron chi connectivity index (χ2n) is 6.08. The lowest BCUT2D eigenvalue weighted by Crippen LogP contribution is -2.38. The van der Waals surface area contributed by atoms with Crippen molar-refractivity contribution in [1.82, 2.24) is 4.90 Å². The SMILES string of the molecule is Cc1ccc(N[C@H](C)C(=O)N(C)Cc2cccc(F)c2)cc1C(N)=O. The van der Waals surface area contributed by atoms with Gasteiger partial charge in [-0.25, -0.2) is 4.39 Å². The number of carbonyl (C=O) groups is 2. The van der Waals surface area contributed by atoms with E-state index in [-0.39, 0.29) is 11.7 Å². The first-order chi connectivity index (χ1) is 11.8. The number of benzene rings is 2. The number of anilines is 1. The zero-order valence-electron chi connectivity index (χ0n) is 14.5. The van der Waals surface area contributed by atoms with E-state index >= 15 is 0 Å². The van der Waals surface area contributed by atoms with Gasteiger partial charge in [-0.05, 0) is 49.2 Å². The smallest absolute Gasteiger partial charge is 0.249 e. The molecule has 2 rings (SSSR count). The summed E-state index contributed by atoms with van der Waals surface area (Å²) in [7, 11) is 1.66. The van der Waals surface area contributed by atoms with E-state index in [1.165, 1.54) is 17.0 Å². The van der Waals surface area contributed by atoms with Gasteiger partial charge in [0.05, 0.1) is 0 Å². The normalized spacial score (nSPS) is 11.7. The van der Waals surface area contributed by atoms with Crippen molar-refractivity contribution in [3.05, 3.63) is 65.0 Å². The molecule has 0 heterocycles. The van der Waals surface area contributed by atoms with Crippen LogP contribution in [0, 0.1) is 12.7 Å². The first kappa shape index (κ1) is 18.4. The first-order valence-corrected chi connectivity index (χ1v) is 7.94. The number of likely N-dealkylation sites (N-methyl/N-ethyl adjacent to an activating group) is 1. The molecule has 2 amide bonds. The third-order valence-electron chi connectivity index (χ3n) is 3.94. The number of rotatable bonds is 6. The Labute approximate surface area is 146 Å². The van der Waals surface area contributed by atoms with Gasteiger partial charge in [0.2, 0.25) is 11.8 Å². The van der Waals surface area contributed by atoms with E-state index in [4.69, 9.17) is 5.73 Å². The molecule has 25 heavy (non-hydrogen) atoms. The topological polar surface area (TPSA) is 75.4 Å². The highest BCUT2D eigenvalue weighted by Crippen LogP contribution is 2.16. The Morgan fingerprint density at radius 1 is 1.24 bits per heavy atom. The molecule has 0 saturated heterocycles. The molecule has 0 aliphatic rings. The van der Waals surface area contributed by atoms with Crippen LogP contribution in [-0.2, 0) is 11.3 Å². The Hall–Kier alpha value is -2.89. The molecule has 132 valence electrons. The fraction of sp³-hybridized carbons (Fsp3) is 0.263. The largest absolute Gasteiger partial charge is 0.374 e. The Bertz CT molecular complexity index is 792. The van der Waals surface area contributed by atoms with Gasteiger partial charge < -0.3 is 16.0 Å². The van der Waals surface area contributed by atoms with Gasteiger partial charge in [-0.1, -0.05) is 18.2 Å². The molecule has 0 bridgehead atoms. The highest BCUT2D eigenvalue weighted by molar-refractivity contribution is 5.95. The fourth-order valence-electron chi connectivity index (χ4n) is 2.61. The number of nitrogens with two attached hydrogens (primary N) is 1. The molecule has 1 atom stereocenters. The molecule has 0 radical (unpaired) electrons. The van der Waals surface area contributed by atoms with Gasteiger partial charge >= 0.3 is 0 Å². The van der Waals surface area contributed by atoms with Crippen molar-refractivity contribution in [3.63, 3.8) is 0 Å². The van der Waals surface area contributed by atoms with Crippen LogP contribution in [-0.4, -0.2) is 29.8 Å². The third kappa shape index (κ3) is 4.79.